The monoisotopic (exact) mass is 372 g/mol. The van der Waals surface area contributed by atoms with E-state index in [4.69, 9.17) is 20.9 Å². The van der Waals surface area contributed by atoms with Crippen LogP contribution in [0.15, 0.2) is 60.7 Å². The first-order chi connectivity index (χ1) is 12.9. The van der Waals surface area contributed by atoms with Gasteiger partial charge in [-0.2, -0.15) is 0 Å². The van der Waals surface area contributed by atoms with Crippen molar-refractivity contribution < 1.29 is 29.0 Å². The first-order valence-electron chi connectivity index (χ1n) is 8.05. The maximum absolute atomic E-state index is 12.3. The van der Waals surface area contributed by atoms with Gasteiger partial charge in [-0.1, -0.05) is 60.7 Å². The molecule has 0 aliphatic heterocycles. The summed E-state index contributed by atoms with van der Waals surface area (Å²) >= 11 is 0. The number of hydrogen-bond donors (Lipinski definition) is 3. The fraction of sp³-hybridized carbons (Fsp3) is 0.211. The number of hydrogen-bond acceptors (Lipinski definition) is 7. The van der Waals surface area contributed by atoms with E-state index in [2.05, 4.69) is 0 Å². The number of carbonyl (C=O) groups excluding carboxylic acids is 2. The number of ether oxygens (including phenoxy) is 2. The predicted octanol–water partition coefficient (Wildman–Crippen LogP) is 0.583. The zero-order valence-corrected chi connectivity index (χ0v) is 14.4. The van der Waals surface area contributed by atoms with Crippen LogP contribution in [-0.4, -0.2) is 34.6 Å². The Balaban J connectivity index is 2.04. The van der Waals surface area contributed by atoms with Crippen LogP contribution in [0.2, 0.25) is 0 Å². The molecule has 0 radical (unpaired) electrons. The summed E-state index contributed by atoms with van der Waals surface area (Å²) in [4.78, 5) is 36.0. The molecule has 0 saturated heterocycles. The SMILES string of the molecule is NC(C(=O)OCc1ccccc1)C(N)(C(=O)O)C(=O)OCc1ccccc1. The average molecular weight is 372 g/mol. The second-order valence-corrected chi connectivity index (χ2v) is 5.81. The van der Waals surface area contributed by atoms with E-state index in [1.807, 2.05) is 0 Å². The highest BCUT2D eigenvalue weighted by molar-refractivity contribution is 6.09. The first-order valence-corrected chi connectivity index (χ1v) is 8.05. The quantitative estimate of drug-likeness (QED) is 0.451. The van der Waals surface area contributed by atoms with E-state index in [0.717, 1.165) is 0 Å². The largest absolute Gasteiger partial charge is 0.479 e. The normalized spacial score (nSPS) is 13.9. The summed E-state index contributed by atoms with van der Waals surface area (Å²) < 4.78 is 9.94. The van der Waals surface area contributed by atoms with Crippen LogP contribution in [0, 0.1) is 0 Å². The van der Waals surface area contributed by atoms with E-state index in [1.54, 1.807) is 60.7 Å². The number of nitrogens with two attached hydrogens (primary N) is 2. The van der Waals surface area contributed by atoms with Crippen molar-refractivity contribution in [1.29, 1.82) is 0 Å². The van der Waals surface area contributed by atoms with Crippen molar-refractivity contribution >= 4 is 17.9 Å². The van der Waals surface area contributed by atoms with Crippen molar-refractivity contribution in [3.05, 3.63) is 71.8 Å². The fourth-order valence-electron chi connectivity index (χ4n) is 2.19. The van der Waals surface area contributed by atoms with E-state index < -0.39 is 29.5 Å². The lowest BCUT2D eigenvalue weighted by molar-refractivity contribution is -0.169. The van der Waals surface area contributed by atoms with Crippen LogP contribution in [-0.2, 0) is 37.1 Å². The number of esters is 2. The minimum atomic E-state index is -2.78. The molecular weight excluding hydrogens is 352 g/mol. The lowest BCUT2D eigenvalue weighted by Crippen LogP contribution is -2.69. The summed E-state index contributed by atoms with van der Waals surface area (Å²) in [5.74, 6) is -4.24. The molecule has 0 aliphatic rings. The molecule has 27 heavy (non-hydrogen) atoms. The summed E-state index contributed by atoms with van der Waals surface area (Å²) in [6, 6.07) is 15.3. The summed E-state index contributed by atoms with van der Waals surface area (Å²) in [5.41, 5.74) is 9.83. The molecule has 0 saturated carbocycles. The molecule has 0 amide bonds. The van der Waals surface area contributed by atoms with Crippen molar-refractivity contribution in [2.45, 2.75) is 24.8 Å². The topological polar surface area (TPSA) is 142 Å². The fourth-order valence-corrected chi connectivity index (χ4v) is 2.19. The maximum Gasteiger partial charge on any atom is 0.340 e. The van der Waals surface area contributed by atoms with E-state index in [9.17, 15) is 19.5 Å². The van der Waals surface area contributed by atoms with Crippen LogP contribution >= 0.6 is 0 Å². The third-order valence-corrected chi connectivity index (χ3v) is 3.87. The molecule has 0 aromatic heterocycles. The standard InChI is InChI=1S/C19H20N2O6/c20-15(16(22)26-11-13-7-3-1-4-8-13)19(21,17(23)24)18(25)27-12-14-9-5-2-6-10-14/h1-10,15H,11-12,20-21H2,(H,23,24). The van der Waals surface area contributed by atoms with Gasteiger partial charge in [0.15, 0.2) is 0 Å². The molecule has 8 nitrogen and oxygen atoms in total. The Hall–Kier alpha value is -3.23. The van der Waals surface area contributed by atoms with Gasteiger partial charge in [0, 0.05) is 0 Å². The van der Waals surface area contributed by atoms with Gasteiger partial charge in [-0.3, -0.25) is 4.79 Å². The summed E-state index contributed by atoms with van der Waals surface area (Å²) in [6.45, 7) is -0.347. The maximum atomic E-state index is 12.3. The molecule has 5 N–H and O–H groups in total. The van der Waals surface area contributed by atoms with Gasteiger partial charge < -0.3 is 26.0 Å². The van der Waals surface area contributed by atoms with Gasteiger partial charge in [-0.25, -0.2) is 9.59 Å². The van der Waals surface area contributed by atoms with Crippen LogP contribution in [0.1, 0.15) is 11.1 Å². The number of rotatable bonds is 8. The third kappa shape index (κ3) is 4.90. The zero-order valence-electron chi connectivity index (χ0n) is 14.4. The first kappa shape index (κ1) is 20.1. The molecule has 2 rings (SSSR count). The van der Waals surface area contributed by atoms with Crippen LogP contribution < -0.4 is 11.5 Å². The smallest absolute Gasteiger partial charge is 0.340 e. The molecule has 0 fully saturated rings. The summed E-state index contributed by atoms with van der Waals surface area (Å²) in [7, 11) is 0. The highest BCUT2D eigenvalue weighted by Crippen LogP contribution is 2.14. The van der Waals surface area contributed by atoms with Crippen molar-refractivity contribution in [3.8, 4) is 0 Å². The third-order valence-electron chi connectivity index (χ3n) is 3.87. The molecule has 8 heteroatoms. The van der Waals surface area contributed by atoms with Gasteiger partial charge in [0.1, 0.15) is 19.3 Å². The number of aliphatic carboxylic acids is 1. The lowest BCUT2D eigenvalue weighted by Gasteiger charge is -2.27. The Labute approximate surface area is 155 Å². The summed E-state index contributed by atoms with van der Waals surface area (Å²) in [5, 5.41) is 9.39. The van der Waals surface area contributed by atoms with Crippen molar-refractivity contribution in [2.24, 2.45) is 11.5 Å². The van der Waals surface area contributed by atoms with Crippen LogP contribution in [0.3, 0.4) is 0 Å². The van der Waals surface area contributed by atoms with Crippen LogP contribution in [0.4, 0.5) is 0 Å². The van der Waals surface area contributed by atoms with Gasteiger partial charge in [0.05, 0.1) is 0 Å². The molecule has 142 valence electrons. The predicted molar refractivity (Wildman–Crippen MR) is 95.0 cm³/mol. The second-order valence-electron chi connectivity index (χ2n) is 5.81. The Kier molecular flexibility index (Phi) is 6.64. The molecule has 2 unspecified atom stereocenters. The number of carbonyl (C=O) groups is 3. The minimum absolute atomic E-state index is 0.137. The van der Waals surface area contributed by atoms with Crippen molar-refractivity contribution in [3.63, 3.8) is 0 Å². The van der Waals surface area contributed by atoms with E-state index in [0.29, 0.717) is 11.1 Å². The van der Waals surface area contributed by atoms with Gasteiger partial charge in [0.25, 0.3) is 0 Å². The number of benzene rings is 2. The molecule has 0 bridgehead atoms. The molecule has 0 aliphatic carbocycles. The lowest BCUT2D eigenvalue weighted by atomic mass is 9.91. The van der Waals surface area contributed by atoms with E-state index >= 15 is 0 Å². The Morgan fingerprint density at radius 3 is 1.78 bits per heavy atom. The van der Waals surface area contributed by atoms with Crippen LogP contribution in [0.25, 0.3) is 0 Å². The van der Waals surface area contributed by atoms with E-state index in [1.165, 1.54) is 0 Å². The second kappa shape index (κ2) is 8.93. The van der Waals surface area contributed by atoms with Gasteiger partial charge in [-0.05, 0) is 11.1 Å². The highest BCUT2D eigenvalue weighted by atomic mass is 16.5. The van der Waals surface area contributed by atoms with Gasteiger partial charge in [-0.15, -0.1) is 0 Å². The molecule has 2 aromatic rings. The molecule has 0 heterocycles. The average Bonchev–Trinajstić information content (AvgIpc) is 2.70. The molecular formula is C19H20N2O6. The Morgan fingerprint density at radius 2 is 1.33 bits per heavy atom. The Morgan fingerprint density at radius 1 is 0.889 bits per heavy atom. The van der Waals surface area contributed by atoms with Crippen molar-refractivity contribution in [2.75, 3.05) is 0 Å². The van der Waals surface area contributed by atoms with Crippen LogP contribution in [0.5, 0.6) is 0 Å². The van der Waals surface area contributed by atoms with Gasteiger partial charge in [0.2, 0.25) is 5.54 Å². The highest BCUT2D eigenvalue weighted by Gasteiger charge is 2.53. The zero-order chi connectivity index (χ0) is 19.9. The molecule has 0 spiro atoms. The van der Waals surface area contributed by atoms with Crippen molar-refractivity contribution in [1.82, 2.24) is 0 Å². The van der Waals surface area contributed by atoms with E-state index in [-0.39, 0.29) is 13.2 Å². The molecule has 2 atom stereocenters. The molecule has 2 aromatic carbocycles. The summed E-state index contributed by atoms with van der Waals surface area (Å²) in [6.07, 6.45) is 0. The number of carboxylic acids is 1. The van der Waals surface area contributed by atoms with Gasteiger partial charge >= 0.3 is 17.9 Å². The Bertz CT molecular complexity index is 796. The minimum Gasteiger partial charge on any atom is -0.479 e. The number of carboxylic acid groups (broad SMARTS) is 1.